The molecule has 0 aromatic carbocycles. The van der Waals surface area contributed by atoms with E-state index in [9.17, 15) is 0 Å². The summed E-state index contributed by atoms with van der Waals surface area (Å²) < 4.78 is 1.84. The number of nitrogens with one attached hydrogen (secondary N) is 1. The molecular weight excluding hydrogens is 202 g/mol. The van der Waals surface area contributed by atoms with Crippen molar-refractivity contribution < 1.29 is 5.11 Å². The van der Waals surface area contributed by atoms with Crippen molar-refractivity contribution in [1.29, 1.82) is 0 Å². The number of hydrogen-bond acceptors (Lipinski definition) is 3. The Balaban J connectivity index is 2.03. The van der Waals surface area contributed by atoms with Crippen molar-refractivity contribution in [2.45, 2.75) is 38.6 Å². The molecule has 2 N–H and O–H groups in total. The largest absolute Gasteiger partial charge is 0.396 e. The Labute approximate surface area is 97.7 Å². The summed E-state index contributed by atoms with van der Waals surface area (Å²) in [5, 5.41) is 16.3. The monoisotopic (exact) mass is 225 g/mol. The van der Waals surface area contributed by atoms with E-state index in [1.54, 1.807) is 0 Å². The molecule has 0 saturated carbocycles. The summed E-state index contributed by atoms with van der Waals surface area (Å²) >= 11 is 0. The minimum absolute atomic E-state index is 0.293. The van der Waals surface area contributed by atoms with Gasteiger partial charge in [0.15, 0.2) is 0 Å². The number of aliphatic hydroxyl groups excluding tert-OH is 1. The third kappa shape index (κ3) is 5.28. The SMILES string of the molecule is CC(CCCO)NCCCc1cnn(C)c1. The van der Waals surface area contributed by atoms with Crippen LogP contribution in [0.2, 0.25) is 0 Å². The van der Waals surface area contributed by atoms with Crippen molar-refractivity contribution in [3.05, 3.63) is 18.0 Å². The molecule has 4 heteroatoms. The topological polar surface area (TPSA) is 50.1 Å². The molecule has 0 aliphatic rings. The van der Waals surface area contributed by atoms with E-state index in [-0.39, 0.29) is 0 Å². The second kappa shape index (κ2) is 7.41. The van der Waals surface area contributed by atoms with Gasteiger partial charge in [0.2, 0.25) is 0 Å². The van der Waals surface area contributed by atoms with Gasteiger partial charge in [-0.25, -0.2) is 0 Å². The molecule has 1 atom stereocenters. The van der Waals surface area contributed by atoms with Gasteiger partial charge in [0.1, 0.15) is 0 Å². The lowest BCUT2D eigenvalue weighted by Gasteiger charge is -2.12. The summed E-state index contributed by atoms with van der Waals surface area (Å²) in [6.45, 7) is 3.49. The molecule has 4 nitrogen and oxygen atoms in total. The average Bonchev–Trinajstić information content (AvgIpc) is 2.67. The van der Waals surface area contributed by atoms with Crippen molar-refractivity contribution in [1.82, 2.24) is 15.1 Å². The molecule has 0 aliphatic heterocycles. The highest BCUT2D eigenvalue weighted by Gasteiger charge is 2.00. The Bertz CT molecular complexity index is 286. The molecule has 0 spiro atoms. The summed E-state index contributed by atoms with van der Waals surface area (Å²) in [6, 6.07) is 0.501. The van der Waals surface area contributed by atoms with Crippen molar-refractivity contribution >= 4 is 0 Å². The van der Waals surface area contributed by atoms with Crippen molar-refractivity contribution in [3.63, 3.8) is 0 Å². The van der Waals surface area contributed by atoms with Crippen LogP contribution in [0, 0.1) is 0 Å². The van der Waals surface area contributed by atoms with Crippen LogP contribution >= 0.6 is 0 Å². The maximum Gasteiger partial charge on any atom is 0.0521 e. The summed E-state index contributed by atoms with van der Waals surface area (Å²) in [5.74, 6) is 0. The van der Waals surface area contributed by atoms with Crippen molar-refractivity contribution in [3.8, 4) is 0 Å². The van der Waals surface area contributed by atoms with Gasteiger partial charge in [0.25, 0.3) is 0 Å². The van der Waals surface area contributed by atoms with Crippen LogP contribution in [0.1, 0.15) is 31.7 Å². The minimum Gasteiger partial charge on any atom is -0.396 e. The van der Waals surface area contributed by atoms with E-state index >= 15 is 0 Å². The summed E-state index contributed by atoms with van der Waals surface area (Å²) in [4.78, 5) is 0. The van der Waals surface area contributed by atoms with Gasteiger partial charge in [-0.05, 0) is 44.7 Å². The minimum atomic E-state index is 0.293. The Morgan fingerprint density at radius 3 is 2.94 bits per heavy atom. The van der Waals surface area contributed by atoms with E-state index < -0.39 is 0 Å². The zero-order valence-corrected chi connectivity index (χ0v) is 10.3. The van der Waals surface area contributed by atoms with Crippen LogP contribution in [0.3, 0.4) is 0 Å². The molecule has 92 valence electrons. The molecule has 0 amide bonds. The lowest BCUT2D eigenvalue weighted by Crippen LogP contribution is -2.27. The first-order valence-corrected chi connectivity index (χ1v) is 6.04. The zero-order valence-electron chi connectivity index (χ0n) is 10.3. The molecule has 0 fully saturated rings. The van der Waals surface area contributed by atoms with Gasteiger partial charge in [-0.1, -0.05) is 0 Å². The fourth-order valence-electron chi connectivity index (χ4n) is 1.74. The molecular formula is C12H23N3O. The predicted molar refractivity (Wildman–Crippen MR) is 65.3 cm³/mol. The Kier molecular flexibility index (Phi) is 6.11. The molecule has 1 unspecified atom stereocenters. The van der Waals surface area contributed by atoms with Gasteiger partial charge in [-0.3, -0.25) is 4.68 Å². The standard InChI is InChI=1S/C12H23N3O/c1-11(5-4-8-16)13-7-3-6-12-9-14-15(2)10-12/h9-11,13,16H,3-8H2,1-2H3. The van der Waals surface area contributed by atoms with Gasteiger partial charge >= 0.3 is 0 Å². The summed E-state index contributed by atoms with van der Waals surface area (Å²) in [7, 11) is 1.94. The molecule has 0 aliphatic carbocycles. The van der Waals surface area contributed by atoms with Crippen LogP contribution in [0.5, 0.6) is 0 Å². The number of aryl methyl sites for hydroxylation is 2. The van der Waals surface area contributed by atoms with Gasteiger partial charge in [-0.15, -0.1) is 0 Å². The van der Waals surface area contributed by atoms with E-state index in [0.29, 0.717) is 12.6 Å². The van der Waals surface area contributed by atoms with Crippen molar-refractivity contribution in [2.75, 3.05) is 13.2 Å². The van der Waals surface area contributed by atoms with Crippen LogP contribution < -0.4 is 5.32 Å². The van der Waals surface area contributed by atoms with E-state index in [2.05, 4.69) is 23.5 Å². The van der Waals surface area contributed by atoms with Gasteiger partial charge < -0.3 is 10.4 Å². The fraction of sp³-hybridized carbons (Fsp3) is 0.750. The smallest absolute Gasteiger partial charge is 0.0521 e. The number of nitrogens with zero attached hydrogens (tertiary/aromatic N) is 2. The second-order valence-corrected chi connectivity index (χ2v) is 4.35. The van der Waals surface area contributed by atoms with Gasteiger partial charge in [0, 0.05) is 25.9 Å². The molecule has 0 radical (unpaired) electrons. The molecule has 1 rings (SSSR count). The Morgan fingerprint density at radius 2 is 2.31 bits per heavy atom. The predicted octanol–water partition coefficient (Wildman–Crippen LogP) is 1.10. The van der Waals surface area contributed by atoms with E-state index in [1.807, 2.05) is 17.9 Å². The lowest BCUT2D eigenvalue weighted by atomic mass is 10.1. The maximum atomic E-state index is 8.70. The maximum absolute atomic E-state index is 8.70. The molecule has 16 heavy (non-hydrogen) atoms. The zero-order chi connectivity index (χ0) is 11.8. The second-order valence-electron chi connectivity index (χ2n) is 4.35. The third-order valence-corrected chi connectivity index (χ3v) is 2.69. The van der Waals surface area contributed by atoms with Crippen LogP contribution in [0.25, 0.3) is 0 Å². The molecule has 1 aromatic heterocycles. The third-order valence-electron chi connectivity index (χ3n) is 2.69. The highest BCUT2D eigenvalue weighted by atomic mass is 16.2. The van der Waals surface area contributed by atoms with Gasteiger partial charge in [-0.2, -0.15) is 5.10 Å². The van der Waals surface area contributed by atoms with E-state index in [4.69, 9.17) is 5.11 Å². The number of aromatic nitrogens is 2. The number of hydrogen-bond donors (Lipinski definition) is 2. The normalized spacial score (nSPS) is 12.9. The van der Waals surface area contributed by atoms with E-state index in [1.165, 1.54) is 5.56 Å². The molecule has 1 heterocycles. The first-order chi connectivity index (χ1) is 7.72. The van der Waals surface area contributed by atoms with Crippen LogP contribution in [-0.2, 0) is 13.5 Å². The van der Waals surface area contributed by atoms with Gasteiger partial charge in [0.05, 0.1) is 6.20 Å². The number of aliphatic hydroxyl groups is 1. The van der Waals surface area contributed by atoms with Crippen molar-refractivity contribution in [2.24, 2.45) is 7.05 Å². The lowest BCUT2D eigenvalue weighted by molar-refractivity contribution is 0.276. The number of rotatable bonds is 8. The fourth-order valence-corrected chi connectivity index (χ4v) is 1.74. The Morgan fingerprint density at radius 1 is 1.50 bits per heavy atom. The Hall–Kier alpha value is -0.870. The summed E-state index contributed by atoms with van der Waals surface area (Å²) in [6.07, 6.45) is 8.13. The average molecular weight is 225 g/mol. The molecule has 0 bridgehead atoms. The van der Waals surface area contributed by atoms with Crippen LogP contribution in [-0.4, -0.2) is 34.1 Å². The highest BCUT2D eigenvalue weighted by Crippen LogP contribution is 2.01. The quantitative estimate of drug-likeness (QED) is 0.651. The van der Waals surface area contributed by atoms with Crippen LogP contribution in [0.15, 0.2) is 12.4 Å². The molecule has 1 aromatic rings. The van der Waals surface area contributed by atoms with Crippen LogP contribution in [0.4, 0.5) is 0 Å². The molecule has 0 saturated heterocycles. The highest BCUT2D eigenvalue weighted by molar-refractivity contribution is 5.03. The summed E-state index contributed by atoms with van der Waals surface area (Å²) in [5.41, 5.74) is 1.30. The first-order valence-electron chi connectivity index (χ1n) is 6.04. The van der Waals surface area contributed by atoms with E-state index in [0.717, 1.165) is 32.2 Å². The first kappa shape index (κ1) is 13.2.